The Morgan fingerprint density at radius 3 is 1.72 bits per heavy atom. The van der Waals surface area contributed by atoms with Crippen molar-refractivity contribution in [2.75, 3.05) is 0 Å². The number of rotatable bonds is 7. The van der Waals surface area contributed by atoms with E-state index in [2.05, 4.69) is 112 Å². The number of hydrogen-bond acceptors (Lipinski definition) is 3. The fraction of sp³-hybridized carbons (Fsp3) is 0.147. The molecule has 0 unspecified atom stereocenters. The van der Waals surface area contributed by atoms with E-state index in [1.54, 1.807) is 24.3 Å². The van der Waals surface area contributed by atoms with Crippen LogP contribution in [0.15, 0.2) is 106 Å². The van der Waals surface area contributed by atoms with Gasteiger partial charge < -0.3 is 9.13 Å². The lowest BCUT2D eigenvalue weighted by molar-refractivity contribution is 0.0945. The van der Waals surface area contributed by atoms with Gasteiger partial charge in [-0.2, -0.15) is 0 Å². The van der Waals surface area contributed by atoms with Crippen LogP contribution in [0.4, 0.5) is 0 Å². The van der Waals surface area contributed by atoms with E-state index in [9.17, 15) is 13.2 Å². The summed E-state index contributed by atoms with van der Waals surface area (Å²) in [6.45, 7) is 4.31. The van der Waals surface area contributed by atoms with Crippen molar-refractivity contribution in [3.8, 4) is 0 Å². The van der Waals surface area contributed by atoms with Crippen molar-refractivity contribution < 1.29 is 13.2 Å². The molecule has 0 radical (unpaired) electrons. The fourth-order valence-electron chi connectivity index (χ4n) is 5.99. The van der Waals surface area contributed by atoms with E-state index in [1.807, 2.05) is 12.1 Å². The van der Waals surface area contributed by atoms with Crippen molar-refractivity contribution in [2.45, 2.75) is 24.7 Å². The number of carbonyl (C=O) groups is 1. The van der Waals surface area contributed by atoms with Crippen molar-refractivity contribution in [1.82, 2.24) is 19.4 Å². The van der Waals surface area contributed by atoms with Crippen LogP contribution in [0.2, 0.25) is 0 Å². The van der Waals surface area contributed by atoms with Crippen LogP contribution in [0, 0.1) is 13.8 Å². The molecule has 2 aromatic heterocycles. The lowest BCUT2D eigenvalue weighted by Crippen LogP contribution is -2.41. The third kappa shape index (κ3) is 5.07. The highest BCUT2D eigenvalue weighted by Crippen LogP contribution is 2.44. The summed E-state index contributed by atoms with van der Waals surface area (Å²) in [7, 11) is 0.261. The molecule has 2 heterocycles. The van der Waals surface area contributed by atoms with Crippen LogP contribution < -0.4 is 10.3 Å². The highest BCUT2D eigenvalue weighted by Gasteiger charge is 2.29. The Morgan fingerprint density at radius 1 is 0.721 bits per heavy atom. The summed E-state index contributed by atoms with van der Waals surface area (Å²) in [6, 6.07) is 30.5. The molecule has 0 atom stereocenters. The Labute approximate surface area is 259 Å². The molecular weight excluding hydrogens is 624 g/mol. The van der Waals surface area contributed by atoms with Crippen LogP contribution in [0.25, 0.3) is 21.8 Å². The number of nitrogens with zero attached hydrogens (tertiary/aromatic N) is 2. The van der Waals surface area contributed by atoms with Crippen molar-refractivity contribution in [2.24, 2.45) is 14.1 Å². The normalized spacial score (nSPS) is 12.0. The molecule has 43 heavy (non-hydrogen) atoms. The number of hydrazine groups is 1. The largest absolute Gasteiger partial charge is 0.348 e. The van der Waals surface area contributed by atoms with Crippen LogP contribution in [0.5, 0.6) is 0 Å². The third-order valence-electron chi connectivity index (χ3n) is 8.40. The van der Waals surface area contributed by atoms with Gasteiger partial charge in [0.15, 0.2) is 0 Å². The zero-order valence-corrected chi connectivity index (χ0v) is 26.6. The van der Waals surface area contributed by atoms with E-state index in [-0.39, 0.29) is 10.8 Å². The number of para-hydroxylation sites is 2. The lowest BCUT2D eigenvalue weighted by Gasteiger charge is -2.21. The summed E-state index contributed by atoms with van der Waals surface area (Å²) >= 11 is 3.30. The minimum absolute atomic E-state index is 0.0464. The number of aryl methyl sites for hydroxylation is 2. The van der Waals surface area contributed by atoms with Crippen molar-refractivity contribution in [3.63, 3.8) is 0 Å². The molecule has 6 rings (SSSR count). The van der Waals surface area contributed by atoms with Gasteiger partial charge in [0.2, 0.25) is 0 Å². The first-order valence-corrected chi connectivity index (χ1v) is 16.1. The number of sulfonamides is 1. The van der Waals surface area contributed by atoms with Crippen LogP contribution in [-0.4, -0.2) is 23.5 Å². The number of fused-ring (bicyclic) bond motifs is 2. The summed E-state index contributed by atoms with van der Waals surface area (Å²) in [5.41, 5.74) is 10.8. The van der Waals surface area contributed by atoms with E-state index in [1.165, 1.54) is 45.4 Å². The molecule has 7 nitrogen and oxygen atoms in total. The highest BCUT2D eigenvalue weighted by molar-refractivity contribution is 9.10. The van der Waals surface area contributed by atoms with E-state index >= 15 is 0 Å². The van der Waals surface area contributed by atoms with Crippen molar-refractivity contribution in [1.29, 1.82) is 0 Å². The van der Waals surface area contributed by atoms with Gasteiger partial charge >= 0.3 is 0 Å². The van der Waals surface area contributed by atoms with Gasteiger partial charge in [-0.05, 0) is 79.1 Å². The standard InChI is InChI=1S/C34H31BrN4O3S/c1-21-31(27-9-5-7-11-29(27)38(21)3)33(32-22(2)39(4)30-12-8-6-10-28(30)32)23-13-15-24(16-14-23)34(40)36-37-43(41,42)26-19-17-25(35)18-20-26/h5-20,33,37H,1-4H3,(H,36,40). The predicted molar refractivity (Wildman–Crippen MR) is 175 cm³/mol. The molecule has 2 N–H and O–H groups in total. The number of amides is 1. The third-order valence-corrected chi connectivity index (χ3v) is 10.2. The van der Waals surface area contributed by atoms with Crippen molar-refractivity contribution in [3.05, 3.63) is 135 Å². The molecule has 0 spiro atoms. The van der Waals surface area contributed by atoms with Gasteiger partial charge in [0, 0.05) is 63.2 Å². The Kier molecular flexibility index (Phi) is 7.50. The maximum atomic E-state index is 13.0. The van der Waals surface area contributed by atoms with Gasteiger partial charge in [-0.15, -0.1) is 4.83 Å². The summed E-state index contributed by atoms with van der Waals surface area (Å²) in [5, 5.41) is 2.37. The number of carbonyl (C=O) groups excluding carboxylic acids is 1. The molecule has 9 heteroatoms. The average Bonchev–Trinajstić information content (AvgIpc) is 3.42. The second-order valence-corrected chi connectivity index (χ2v) is 13.3. The SMILES string of the molecule is Cc1c(C(c2ccc(C(=O)NNS(=O)(=O)c3ccc(Br)cc3)cc2)c2c(C)n(C)c3ccccc23)c2ccccc2n1C. The smallest absolute Gasteiger partial charge is 0.266 e. The van der Waals surface area contributed by atoms with Crippen molar-refractivity contribution >= 4 is 53.7 Å². The Hall–Kier alpha value is -4.18. The van der Waals surface area contributed by atoms with Crippen LogP contribution in [0.1, 0.15) is 44.4 Å². The van der Waals surface area contributed by atoms with E-state index in [0.29, 0.717) is 5.56 Å². The Bertz CT molecular complexity index is 2030. The van der Waals surface area contributed by atoms with Gasteiger partial charge in [0.25, 0.3) is 15.9 Å². The first-order valence-electron chi connectivity index (χ1n) is 13.8. The molecule has 0 aliphatic carbocycles. The zero-order valence-electron chi connectivity index (χ0n) is 24.2. The maximum Gasteiger partial charge on any atom is 0.266 e. The molecule has 0 aliphatic rings. The second-order valence-electron chi connectivity index (χ2n) is 10.7. The first kappa shape index (κ1) is 28.9. The average molecular weight is 656 g/mol. The number of nitrogens with one attached hydrogen (secondary N) is 2. The number of halogens is 1. The highest BCUT2D eigenvalue weighted by atomic mass is 79.9. The zero-order chi connectivity index (χ0) is 30.5. The Morgan fingerprint density at radius 2 is 1.21 bits per heavy atom. The minimum atomic E-state index is -3.93. The summed E-state index contributed by atoms with van der Waals surface area (Å²) in [4.78, 5) is 15.3. The summed E-state index contributed by atoms with van der Waals surface area (Å²) in [5.74, 6) is -0.656. The quantitative estimate of drug-likeness (QED) is 0.185. The van der Waals surface area contributed by atoms with E-state index < -0.39 is 15.9 Å². The monoisotopic (exact) mass is 654 g/mol. The molecule has 218 valence electrons. The molecule has 0 saturated heterocycles. The Balaban J connectivity index is 1.40. The van der Waals surface area contributed by atoms with Gasteiger partial charge in [0.05, 0.1) is 4.90 Å². The van der Waals surface area contributed by atoms with Gasteiger partial charge in [0.1, 0.15) is 0 Å². The fourth-order valence-corrected chi connectivity index (χ4v) is 7.10. The molecule has 6 aromatic rings. The van der Waals surface area contributed by atoms with E-state index in [4.69, 9.17) is 0 Å². The molecule has 1 amide bonds. The molecule has 0 bridgehead atoms. The molecule has 0 saturated carbocycles. The van der Waals surface area contributed by atoms with Crippen LogP contribution in [0.3, 0.4) is 0 Å². The number of benzene rings is 4. The molecular formula is C34H31BrN4O3S. The van der Waals surface area contributed by atoms with Gasteiger partial charge in [-0.1, -0.05) is 64.5 Å². The van der Waals surface area contributed by atoms with Crippen LogP contribution >= 0.6 is 15.9 Å². The first-order chi connectivity index (χ1) is 20.6. The van der Waals surface area contributed by atoms with Gasteiger partial charge in [-0.25, -0.2) is 8.42 Å². The van der Waals surface area contributed by atoms with E-state index in [0.717, 1.165) is 21.1 Å². The van der Waals surface area contributed by atoms with Crippen LogP contribution in [-0.2, 0) is 24.1 Å². The number of aromatic nitrogens is 2. The maximum absolute atomic E-state index is 13.0. The lowest BCUT2D eigenvalue weighted by atomic mass is 9.82. The predicted octanol–water partition coefficient (Wildman–Crippen LogP) is 6.85. The summed E-state index contributed by atoms with van der Waals surface area (Å²) < 4.78 is 30.6. The topological polar surface area (TPSA) is 85.1 Å². The minimum Gasteiger partial charge on any atom is -0.348 e. The summed E-state index contributed by atoms with van der Waals surface area (Å²) in [6.07, 6.45) is 0. The second kappa shape index (κ2) is 11.1. The molecule has 0 aliphatic heterocycles. The molecule has 0 fully saturated rings. The van der Waals surface area contributed by atoms with Gasteiger partial charge in [-0.3, -0.25) is 10.2 Å². The molecule has 4 aromatic carbocycles. The number of hydrogen-bond donors (Lipinski definition) is 2.